The van der Waals surface area contributed by atoms with Gasteiger partial charge in [-0.3, -0.25) is 5.10 Å². The number of aromatic amines is 1. The number of halogens is 1. The van der Waals surface area contributed by atoms with Gasteiger partial charge < -0.3 is 9.67 Å². The number of aliphatic carboxylic acids is 1. The van der Waals surface area contributed by atoms with Gasteiger partial charge in [-0.15, -0.1) is 5.10 Å². The minimum absolute atomic E-state index is 0.171. The fraction of sp³-hybridized carbons (Fsp3) is 0.208. The molecule has 0 saturated heterocycles. The van der Waals surface area contributed by atoms with Gasteiger partial charge in [-0.2, -0.15) is 0 Å². The highest BCUT2D eigenvalue weighted by molar-refractivity contribution is 8.04. The zero-order valence-corrected chi connectivity index (χ0v) is 19.4. The van der Waals surface area contributed by atoms with Crippen molar-refractivity contribution in [1.82, 2.24) is 19.7 Å². The Hall–Kier alpha value is -3.03. The van der Waals surface area contributed by atoms with Gasteiger partial charge in [0, 0.05) is 40.1 Å². The Morgan fingerprint density at radius 2 is 1.97 bits per heavy atom. The maximum absolute atomic E-state index is 12.0. The van der Waals surface area contributed by atoms with E-state index in [1.165, 1.54) is 0 Å². The molecule has 0 atom stereocenters. The first-order chi connectivity index (χ1) is 15.5. The van der Waals surface area contributed by atoms with Gasteiger partial charge in [-0.1, -0.05) is 48.9 Å². The van der Waals surface area contributed by atoms with Gasteiger partial charge in [0.05, 0.1) is 0 Å². The Kier molecular flexibility index (Phi) is 6.67. The Labute approximate surface area is 195 Å². The molecule has 6 nitrogen and oxygen atoms in total. The third kappa shape index (κ3) is 4.74. The third-order valence-corrected chi connectivity index (χ3v) is 6.35. The number of nitrogens with one attached hydrogen (secondary N) is 1. The van der Waals surface area contributed by atoms with E-state index in [2.05, 4.69) is 32.7 Å². The molecule has 2 N–H and O–H groups in total. The van der Waals surface area contributed by atoms with Gasteiger partial charge in [0.1, 0.15) is 10.7 Å². The van der Waals surface area contributed by atoms with E-state index >= 15 is 0 Å². The van der Waals surface area contributed by atoms with E-state index in [9.17, 15) is 9.90 Å². The maximum atomic E-state index is 12.0. The molecule has 0 fully saturated rings. The minimum Gasteiger partial charge on any atom is -0.477 e. The van der Waals surface area contributed by atoms with Gasteiger partial charge in [0.15, 0.2) is 0 Å². The zero-order chi connectivity index (χ0) is 22.7. The topological polar surface area (TPSA) is 83.8 Å². The van der Waals surface area contributed by atoms with Crippen LogP contribution in [0, 0.1) is 6.92 Å². The smallest absolute Gasteiger partial charge is 0.342 e. The molecule has 32 heavy (non-hydrogen) atoms. The summed E-state index contributed by atoms with van der Waals surface area (Å²) in [7, 11) is 0. The largest absolute Gasteiger partial charge is 0.477 e. The van der Waals surface area contributed by atoms with Gasteiger partial charge in [-0.25, -0.2) is 9.78 Å². The van der Waals surface area contributed by atoms with Crippen LogP contribution in [-0.2, 0) is 17.8 Å². The molecule has 4 aromatic rings. The van der Waals surface area contributed by atoms with Crippen LogP contribution in [0.5, 0.6) is 0 Å². The lowest BCUT2D eigenvalue weighted by Gasteiger charge is -2.09. The van der Waals surface area contributed by atoms with Crippen LogP contribution in [0.25, 0.3) is 17.0 Å². The standard InChI is InChI=1S/C24H23ClN4O2S/c1-3-6-22-26-24(28-27-22)32-21(23(30)31)13-19-15(2)29(20-8-5-4-7-18(19)20)14-16-9-11-17(25)12-10-16/h4-5,7-13H,3,6,14H2,1-2H3,(H,30,31)(H,26,27,28)/b21-13-. The number of thioether (sulfide) groups is 1. The molecule has 4 rings (SSSR count). The molecule has 2 aromatic heterocycles. The van der Waals surface area contributed by atoms with Crippen LogP contribution in [0.3, 0.4) is 0 Å². The number of fused-ring (bicyclic) bond motifs is 1. The first-order valence-electron chi connectivity index (χ1n) is 10.3. The Morgan fingerprint density at radius 3 is 2.69 bits per heavy atom. The minimum atomic E-state index is -1.01. The summed E-state index contributed by atoms with van der Waals surface area (Å²) in [5, 5.41) is 19.0. The van der Waals surface area contributed by atoms with E-state index in [0.717, 1.165) is 58.2 Å². The summed E-state index contributed by atoms with van der Waals surface area (Å²) < 4.78 is 2.20. The highest BCUT2D eigenvalue weighted by atomic mass is 35.5. The Balaban J connectivity index is 1.74. The number of hydrogen-bond acceptors (Lipinski definition) is 4. The maximum Gasteiger partial charge on any atom is 0.342 e. The SMILES string of the molecule is CCCc1nc(S/C(=C\c2c(C)n(Cc3ccc(Cl)cc3)c3ccccc23)C(=O)O)n[nH]1. The second-order valence-corrected chi connectivity index (χ2v) is 8.90. The van der Waals surface area contributed by atoms with Crippen molar-refractivity contribution in [2.24, 2.45) is 0 Å². The molecular weight excluding hydrogens is 444 g/mol. The molecule has 164 valence electrons. The summed E-state index contributed by atoms with van der Waals surface area (Å²) in [4.78, 5) is 16.6. The van der Waals surface area contributed by atoms with Crippen LogP contribution in [0.2, 0.25) is 5.02 Å². The van der Waals surface area contributed by atoms with Crippen molar-refractivity contribution in [2.45, 2.75) is 38.4 Å². The van der Waals surface area contributed by atoms with Gasteiger partial charge in [0.2, 0.25) is 5.16 Å². The van der Waals surface area contributed by atoms with E-state index in [1.807, 2.05) is 49.4 Å². The average Bonchev–Trinajstić information content (AvgIpc) is 3.32. The number of carboxylic acids is 1. The number of carbonyl (C=O) groups is 1. The molecule has 0 unspecified atom stereocenters. The van der Waals surface area contributed by atoms with Crippen LogP contribution in [0.15, 0.2) is 58.6 Å². The van der Waals surface area contributed by atoms with E-state index in [-0.39, 0.29) is 4.91 Å². The van der Waals surface area contributed by atoms with Crippen molar-refractivity contribution >= 4 is 46.3 Å². The number of aromatic nitrogens is 4. The third-order valence-electron chi connectivity index (χ3n) is 5.22. The second kappa shape index (κ2) is 9.63. The number of carboxylic acid groups (broad SMARTS) is 1. The number of hydrogen-bond donors (Lipinski definition) is 2. The van der Waals surface area contributed by atoms with Crippen molar-refractivity contribution in [2.75, 3.05) is 0 Å². The fourth-order valence-corrected chi connectivity index (χ4v) is 4.49. The lowest BCUT2D eigenvalue weighted by Crippen LogP contribution is -2.02. The molecule has 0 spiro atoms. The summed E-state index contributed by atoms with van der Waals surface area (Å²) in [6, 6.07) is 15.8. The van der Waals surface area contributed by atoms with Crippen molar-refractivity contribution < 1.29 is 9.90 Å². The van der Waals surface area contributed by atoms with Gasteiger partial charge >= 0.3 is 5.97 Å². The molecule has 0 amide bonds. The summed E-state index contributed by atoms with van der Waals surface area (Å²) >= 11 is 7.09. The molecule has 0 bridgehead atoms. The van der Waals surface area contributed by atoms with Crippen LogP contribution >= 0.6 is 23.4 Å². The molecule has 8 heteroatoms. The number of benzene rings is 2. The van der Waals surface area contributed by atoms with E-state index in [0.29, 0.717) is 16.7 Å². The number of nitrogens with zero attached hydrogens (tertiary/aromatic N) is 3. The Morgan fingerprint density at radius 1 is 1.22 bits per heavy atom. The Bertz CT molecular complexity index is 1290. The van der Waals surface area contributed by atoms with Crippen LogP contribution in [0.1, 0.15) is 36.0 Å². The second-order valence-electron chi connectivity index (χ2n) is 7.46. The summed E-state index contributed by atoms with van der Waals surface area (Å²) in [5.41, 5.74) is 4.03. The molecule has 0 aliphatic rings. The molecule has 0 aliphatic carbocycles. The molecule has 0 aliphatic heterocycles. The highest BCUT2D eigenvalue weighted by Crippen LogP contribution is 2.32. The number of rotatable bonds is 8. The van der Waals surface area contributed by atoms with Crippen LogP contribution in [-0.4, -0.2) is 30.8 Å². The molecule has 0 radical (unpaired) electrons. The number of aryl methyl sites for hydroxylation is 1. The van der Waals surface area contributed by atoms with Gasteiger partial charge in [0.25, 0.3) is 0 Å². The predicted molar refractivity (Wildman–Crippen MR) is 129 cm³/mol. The van der Waals surface area contributed by atoms with E-state index in [4.69, 9.17) is 11.6 Å². The molecular formula is C24H23ClN4O2S. The molecule has 0 saturated carbocycles. The predicted octanol–water partition coefficient (Wildman–Crippen LogP) is 5.94. The monoisotopic (exact) mass is 466 g/mol. The van der Waals surface area contributed by atoms with Crippen molar-refractivity contribution in [3.8, 4) is 0 Å². The lowest BCUT2D eigenvalue weighted by molar-refractivity contribution is -0.131. The molecule has 2 heterocycles. The summed E-state index contributed by atoms with van der Waals surface area (Å²) in [5.74, 6) is -0.249. The van der Waals surface area contributed by atoms with E-state index in [1.54, 1.807) is 6.08 Å². The van der Waals surface area contributed by atoms with Crippen molar-refractivity contribution in [3.63, 3.8) is 0 Å². The van der Waals surface area contributed by atoms with Crippen molar-refractivity contribution in [1.29, 1.82) is 0 Å². The molecule has 2 aromatic carbocycles. The summed E-state index contributed by atoms with van der Waals surface area (Å²) in [6.45, 7) is 4.73. The van der Waals surface area contributed by atoms with Gasteiger partial charge in [-0.05, 0) is 54.9 Å². The first-order valence-corrected chi connectivity index (χ1v) is 11.5. The van der Waals surface area contributed by atoms with Crippen LogP contribution in [0.4, 0.5) is 0 Å². The number of H-pyrrole nitrogens is 1. The van der Waals surface area contributed by atoms with Crippen molar-refractivity contribution in [3.05, 3.63) is 81.1 Å². The highest BCUT2D eigenvalue weighted by Gasteiger charge is 2.18. The summed E-state index contributed by atoms with van der Waals surface area (Å²) in [6.07, 6.45) is 3.43. The normalized spacial score (nSPS) is 11.9. The zero-order valence-electron chi connectivity index (χ0n) is 17.8. The van der Waals surface area contributed by atoms with Crippen LogP contribution < -0.4 is 0 Å². The van der Waals surface area contributed by atoms with E-state index < -0.39 is 5.97 Å². The first kappa shape index (κ1) is 22.2. The fourth-order valence-electron chi connectivity index (χ4n) is 3.65. The average molecular weight is 467 g/mol. The quantitative estimate of drug-likeness (QED) is 0.248. The lowest BCUT2D eigenvalue weighted by atomic mass is 10.1. The number of para-hydroxylation sites is 1.